The molecule has 2 N–H and O–H groups in total. The van der Waals surface area contributed by atoms with Crippen LogP contribution >= 0.6 is 11.6 Å². The molecule has 17 heavy (non-hydrogen) atoms. The zero-order valence-electron chi connectivity index (χ0n) is 9.92. The van der Waals surface area contributed by atoms with Crippen molar-refractivity contribution in [2.45, 2.75) is 13.8 Å². The Hall–Kier alpha value is -1.26. The van der Waals surface area contributed by atoms with Crippen molar-refractivity contribution in [3.63, 3.8) is 0 Å². The van der Waals surface area contributed by atoms with Crippen LogP contribution in [0.1, 0.15) is 22.8 Å². The van der Waals surface area contributed by atoms with Crippen LogP contribution < -0.4 is 10.1 Å². The number of benzene rings is 1. The van der Waals surface area contributed by atoms with Gasteiger partial charge in [0.1, 0.15) is 5.75 Å². The summed E-state index contributed by atoms with van der Waals surface area (Å²) in [5.41, 5.74) is 1.28. The van der Waals surface area contributed by atoms with E-state index < -0.39 is 0 Å². The van der Waals surface area contributed by atoms with E-state index in [9.17, 15) is 4.79 Å². The molecule has 0 saturated carbocycles. The third kappa shape index (κ3) is 3.61. The van der Waals surface area contributed by atoms with E-state index in [1.807, 2.05) is 13.8 Å². The minimum atomic E-state index is -0.249. The molecule has 0 unspecified atom stereocenters. The van der Waals surface area contributed by atoms with Crippen LogP contribution in [-0.4, -0.2) is 30.8 Å². The molecule has 1 rings (SSSR count). The Morgan fingerprint density at radius 1 is 1.53 bits per heavy atom. The highest BCUT2D eigenvalue weighted by molar-refractivity contribution is 6.32. The molecular formula is C12H16ClNO3. The molecule has 0 aliphatic rings. The van der Waals surface area contributed by atoms with E-state index in [0.717, 1.165) is 5.56 Å². The quantitative estimate of drug-likeness (QED) is 0.845. The predicted molar refractivity (Wildman–Crippen MR) is 66.8 cm³/mol. The first-order chi connectivity index (χ1) is 8.10. The van der Waals surface area contributed by atoms with Gasteiger partial charge in [-0.05, 0) is 31.5 Å². The maximum Gasteiger partial charge on any atom is 0.251 e. The Morgan fingerprint density at radius 3 is 2.82 bits per heavy atom. The fourth-order valence-electron chi connectivity index (χ4n) is 1.43. The number of ether oxygens (including phenoxy) is 1. The molecule has 0 aliphatic carbocycles. The average Bonchev–Trinajstić information content (AvgIpc) is 2.30. The number of aryl methyl sites for hydroxylation is 1. The molecule has 0 heterocycles. The predicted octanol–water partition coefficient (Wildman–Crippen LogP) is 1.77. The number of aliphatic hydroxyl groups is 1. The summed E-state index contributed by atoms with van der Waals surface area (Å²) in [6.07, 6.45) is 0. The lowest BCUT2D eigenvalue weighted by Gasteiger charge is -2.11. The molecule has 94 valence electrons. The Kier molecular flexibility index (Phi) is 5.25. The normalized spacial score (nSPS) is 10.1. The van der Waals surface area contributed by atoms with Gasteiger partial charge in [-0.15, -0.1) is 0 Å². The molecule has 1 aromatic carbocycles. The third-order valence-corrected chi connectivity index (χ3v) is 2.52. The summed E-state index contributed by atoms with van der Waals surface area (Å²) in [7, 11) is 0. The molecule has 0 bridgehead atoms. The summed E-state index contributed by atoms with van der Waals surface area (Å²) >= 11 is 6.00. The Bertz CT molecular complexity index is 407. The van der Waals surface area contributed by atoms with Crippen LogP contribution in [-0.2, 0) is 0 Å². The average molecular weight is 258 g/mol. The van der Waals surface area contributed by atoms with Crippen LogP contribution in [0.15, 0.2) is 12.1 Å². The second-order valence-electron chi connectivity index (χ2n) is 3.51. The van der Waals surface area contributed by atoms with Crippen molar-refractivity contribution in [1.29, 1.82) is 0 Å². The van der Waals surface area contributed by atoms with E-state index in [1.54, 1.807) is 12.1 Å². The number of aliphatic hydroxyl groups excluding tert-OH is 1. The van der Waals surface area contributed by atoms with Crippen molar-refractivity contribution in [3.8, 4) is 5.75 Å². The van der Waals surface area contributed by atoms with Crippen molar-refractivity contribution in [2.24, 2.45) is 0 Å². The Morgan fingerprint density at radius 2 is 2.24 bits per heavy atom. The monoisotopic (exact) mass is 257 g/mol. The molecule has 0 saturated heterocycles. The number of hydrogen-bond acceptors (Lipinski definition) is 3. The summed E-state index contributed by atoms with van der Waals surface area (Å²) in [6, 6.07) is 3.31. The van der Waals surface area contributed by atoms with E-state index in [1.165, 1.54) is 0 Å². The summed E-state index contributed by atoms with van der Waals surface area (Å²) in [5.74, 6) is 0.326. The summed E-state index contributed by atoms with van der Waals surface area (Å²) in [6.45, 7) is 4.34. The van der Waals surface area contributed by atoms with Gasteiger partial charge in [-0.1, -0.05) is 11.6 Å². The maximum atomic E-state index is 11.7. The van der Waals surface area contributed by atoms with Gasteiger partial charge in [0.25, 0.3) is 5.91 Å². The molecular weight excluding hydrogens is 242 g/mol. The van der Waals surface area contributed by atoms with E-state index in [0.29, 0.717) is 22.9 Å². The molecule has 0 fully saturated rings. The first-order valence-electron chi connectivity index (χ1n) is 5.42. The van der Waals surface area contributed by atoms with Gasteiger partial charge in [0.2, 0.25) is 0 Å². The van der Waals surface area contributed by atoms with Crippen LogP contribution in [0.3, 0.4) is 0 Å². The first-order valence-corrected chi connectivity index (χ1v) is 5.80. The molecule has 0 spiro atoms. The molecule has 0 aliphatic heterocycles. The van der Waals surface area contributed by atoms with Crippen molar-refractivity contribution >= 4 is 17.5 Å². The van der Waals surface area contributed by atoms with Gasteiger partial charge in [-0.3, -0.25) is 4.79 Å². The van der Waals surface area contributed by atoms with E-state index in [2.05, 4.69) is 5.32 Å². The van der Waals surface area contributed by atoms with Crippen molar-refractivity contribution in [2.75, 3.05) is 19.8 Å². The molecule has 1 amide bonds. The number of rotatable bonds is 5. The number of hydrogen-bond donors (Lipinski definition) is 2. The summed E-state index contributed by atoms with van der Waals surface area (Å²) in [4.78, 5) is 11.7. The van der Waals surface area contributed by atoms with Gasteiger partial charge in [-0.25, -0.2) is 0 Å². The number of nitrogens with one attached hydrogen (secondary N) is 1. The van der Waals surface area contributed by atoms with Gasteiger partial charge in [0.15, 0.2) is 0 Å². The molecule has 5 heteroatoms. The SMILES string of the molecule is CCOc1cc(C)c(C(=O)NCCO)cc1Cl. The van der Waals surface area contributed by atoms with Crippen molar-refractivity contribution < 1.29 is 14.6 Å². The number of carbonyl (C=O) groups is 1. The standard InChI is InChI=1S/C12H16ClNO3/c1-3-17-11-6-8(2)9(7-10(11)13)12(16)14-4-5-15/h6-7,15H,3-5H2,1-2H3,(H,14,16). The second-order valence-corrected chi connectivity index (χ2v) is 3.92. The second kappa shape index (κ2) is 6.47. The van der Waals surface area contributed by atoms with Gasteiger partial charge in [-0.2, -0.15) is 0 Å². The van der Waals surface area contributed by atoms with Crippen LogP contribution in [0.2, 0.25) is 5.02 Å². The lowest BCUT2D eigenvalue weighted by Crippen LogP contribution is -2.27. The molecule has 1 aromatic rings. The fraction of sp³-hybridized carbons (Fsp3) is 0.417. The minimum Gasteiger partial charge on any atom is -0.492 e. The maximum absolute atomic E-state index is 11.7. The van der Waals surface area contributed by atoms with Crippen LogP contribution in [0.4, 0.5) is 0 Å². The minimum absolute atomic E-state index is 0.0877. The van der Waals surface area contributed by atoms with Crippen LogP contribution in [0.25, 0.3) is 0 Å². The topological polar surface area (TPSA) is 58.6 Å². The van der Waals surface area contributed by atoms with Gasteiger partial charge in [0, 0.05) is 12.1 Å². The van der Waals surface area contributed by atoms with Crippen molar-refractivity contribution in [1.82, 2.24) is 5.32 Å². The highest BCUT2D eigenvalue weighted by Crippen LogP contribution is 2.28. The Balaban J connectivity index is 2.94. The first kappa shape index (κ1) is 13.8. The zero-order valence-corrected chi connectivity index (χ0v) is 10.7. The van der Waals surface area contributed by atoms with E-state index >= 15 is 0 Å². The molecule has 0 atom stereocenters. The number of carbonyl (C=O) groups excluding carboxylic acids is 1. The number of amides is 1. The van der Waals surface area contributed by atoms with E-state index in [-0.39, 0.29) is 19.1 Å². The highest BCUT2D eigenvalue weighted by Gasteiger charge is 2.12. The zero-order chi connectivity index (χ0) is 12.8. The third-order valence-electron chi connectivity index (χ3n) is 2.22. The Labute approximate surface area is 106 Å². The fourth-order valence-corrected chi connectivity index (χ4v) is 1.65. The summed E-state index contributed by atoms with van der Waals surface area (Å²) in [5, 5.41) is 11.6. The van der Waals surface area contributed by atoms with Gasteiger partial charge in [0.05, 0.1) is 18.2 Å². The van der Waals surface area contributed by atoms with E-state index in [4.69, 9.17) is 21.4 Å². The smallest absolute Gasteiger partial charge is 0.251 e. The largest absolute Gasteiger partial charge is 0.492 e. The molecule has 0 aromatic heterocycles. The van der Waals surface area contributed by atoms with Gasteiger partial charge < -0.3 is 15.2 Å². The molecule has 4 nitrogen and oxygen atoms in total. The van der Waals surface area contributed by atoms with Gasteiger partial charge >= 0.3 is 0 Å². The highest BCUT2D eigenvalue weighted by atomic mass is 35.5. The van der Waals surface area contributed by atoms with Crippen LogP contribution in [0, 0.1) is 6.92 Å². The van der Waals surface area contributed by atoms with Crippen molar-refractivity contribution in [3.05, 3.63) is 28.3 Å². The number of halogens is 1. The summed E-state index contributed by atoms with van der Waals surface area (Å²) < 4.78 is 5.33. The lowest BCUT2D eigenvalue weighted by atomic mass is 10.1. The molecule has 0 radical (unpaired) electrons. The van der Waals surface area contributed by atoms with Crippen LogP contribution in [0.5, 0.6) is 5.75 Å². The lowest BCUT2D eigenvalue weighted by molar-refractivity contribution is 0.0944.